The van der Waals surface area contributed by atoms with Crippen LogP contribution in [0.25, 0.3) is 42.1 Å². The summed E-state index contributed by atoms with van der Waals surface area (Å²) in [5, 5.41) is 4.88. The molecule has 0 spiro atoms. The number of rotatable bonds is 4. The van der Waals surface area contributed by atoms with Crippen LogP contribution < -0.4 is 4.90 Å². The maximum Gasteiger partial charge on any atom is 0.146 e. The molecule has 0 atom stereocenters. The molecule has 0 radical (unpaired) electrons. The molecule has 0 aliphatic rings. The Morgan fingerprint density at radius 2 is 1.22 bits per heavy atom. The molecule has 0 amide bonds. The summed E-state index contributed by atoms with van der Waals surface area (Å²) in [6.45, 7) is 0. The van der Waals surface area contributed by atoms with Gasteiger partial charge in [0.1, 0.15) is 5.82 Å². The van der Waals surface area contributed by atoms with Gasteiger partial charge >= 0.3 is 0 Å². The molecule has 3 heteroatoms. The predicted octanol–water partition coefficient (Wildman–Crippen LogP) is 9.74. The van der Waals surface area contributed by atoms with E-state index in [1.807, 2.05) is 17.5 Å². The smallest absolute Gasteiger partial charge is 0.146 e. The van der Waals surface area contributed by atoms with Gasteiger partial charge in [-0.25, -0.2) is 4.98 Å². The third kappa shape index (κ3) is 3.53. The van der Waals surface area contributed by atoms with E-state index in [0.29, 0.717) is 0 Å². The van der Waals surface area contributed by atoms with Gasteiger partial charge in [-0.1, -0.05) is 91.0 Å². The van der Waals surface area contributed by atoms with Crippen molar-refractivity contribution in [2.45, 2.75) is 0 Å². The van der Waals surface area contributed by atoms with Crippen molar-refractivity contribution in [3.8, 4) is 11.1 Å². The maximum atomic E-state index is 4.98. The normalized spacial score (nSPS) is 11.3. The summed E-state index contributed by atoms with van der Waals surface area (Å²) in [7, 11) is 0. The Bertz CT molecular complexity index is 1840. The van der Waals surface area contributed by atoms with Crippen LogP contribution in [0.15, 0.2) is 134 Å². The fraction of sp³-hybridized carbons (Fsp3) is 0. The first-order valence-corrected chi connectivity index (χ1v) is 12.9. The SMILES string of the molecule is c1ccc(-c2ccc(N(c3ccc4ccccc4c3)c3nccc4sc5ccccc5c34)cc2)cc1. The predicted molar refractivity (Wildman–Crippen MR) is 155 cm³/mol. The lowest BCUT2D eigenvalue weighted by atomic mass is 10.0. The van der Waals surface area contributed by atoms with Crippen LogP contribution >= 0.6 is 11.3 Å². The van der Waals surface area contributed by atoms with Gasteiger partial charge in [0.2, 0.25) is 0 Å². The van der Waals surface area contributed by atoms with Crippen molar-refractivity contribution in [3.05, 3.63) is 134 Å². The van der Waals surface area contributed by atoms with E-state index < -0.39 is 0 Å². The van der Waals surface area contributed by atoms with Crippen molar-refractivity contribution < 1.29 is 0 Å². The molecule has 7 aromatic rings. The van der Waals surface area contributed by atoms with Crippen molar-refractivity contribution in [1.29, 1.82) is 0 Å². The highest BCUT2D eigenvalue weighted by Crippen LogP contribution is 2.44. The molecule has 5 aromatic carbocycles. The van der Waals surface area contributed by atoms with Gasteiger partial charge in [-0.2, -0.15) is 0 Å². The molecule has 170 valence electrons. The fourth-order valence-corrected chi connectivity index (χ4v) is 6.06. The lowest BCUT2D eigenvalue weighted by molar-refractivity contribution is 1.21. The highest BCUT2D eigenvalue weighted by molar-refractivity contribution is 7.25. The molecule has 0 fully saturated rings. The summed E-state index contributed by atoms with van der Waals surface area (Å²) in [5.41, 5.74) is 4.59. The molecule has 0 aliphatic heterocycles. The molecule has 0 bridgehead atoms. The van der Waals surface area contributed by atoms with Gasteiger partial charge in [0.15, 0.2) is 0 Å². The van der Waals surface area contributed by atoms with Crippen molar-refractivity contribution in [1.82, 2.24) is 4.98 Å². The number of anilines is 3. The number of nitrogens with zero attached hydrogens (tertiary/aromatic N) is 2. The highest BCUT2D eigenvalue weighted by Gasteiger charge is 2.20. The second-order valence-electron chi connectivity index (χ2n) is 8.89. The third-order valence-electron chi connectivity index (χ3n) is 6.70. The Morgan fingerprint density at radius 1 is 0.528 bits per heavy atom. The second kappa shape index (κ2) is 8.63. The number of hydrogen-bond donors (Lipinski definition) is 0. The number of pyridine rings is 1. The summed E-state index contributed by atoms with van der Waals surface area (Å²) < 4.78 is 2.52. The van der Waals surface area contributed by atoms with Crippen LogP contribution in [0.1, 0.15) is 0 Å². The lowest BCUT2D eigenvalue weighted by Crippen LogP contribution is -2.11. The van der Waals surface area contributed by atoms with Gasteiger partial charge in [-0.05, 0) is 58.3 Å². The van der Waals surface area contributed by atoms with Crippen molar-refractivity contribution in [2.75, 3.05) is 4.90 Å². The molecule has 36 heavy (non-hydrogen) atoms. The van der Waals surface area contributed by atoms with Crippen LogP contribution in [-0.4, -0.2) is 4.98 Å². The van der Waals surface area contributed by atoms with Crippen LogP contribution in [-0.2, 0) is 0 Å². The van der Waals surface area contributed by atoms with E-state index in [9.17, 15) is 0 Å². The summed E-state index contributed by atoms with van der Waals surface area (Å²) in [6, 6.07) is 45.2. The first-order chi connectivity index (χ1) is 17.8. The number of hydrogen-bond acceptors (Lipinski definition) is 3. The third-order valence-corrected chi connectivity index (χ3v) is 7.84. The summed E-state index contributed by atoms with van der Waals surface area (Å²) >= 11 is 1.82. The van der Waals surface area contributed by atoms with Crippen LogP contribution in [0.4, 0.5) is 17.2 Å². The molecular formula is C33H22N2S. The van der Waals surface area contributed by atoms with Crippen molar-refractivity contribution >= 4 is 59.5 Å². The Hall–Kier alpha value is -4.47. The number of benzene rings is 5. The minimum atomic E-state index is 0.952. The fourth-order valence-electron chi connectivity index (χ4n) is 4.97. The topological polar surface area (TPSA) is 16.1 Å². The van der Waals surface area contributed by atoms with Crippen molar-refractivity contribution in [3.63, 3.8) is 0 Å². The molecule has 2 aromatic heterocycles. The standard InChI is InChI=1S/C33H22N2S/c1-2-8-23(9-3-1)25-14-17-27(18-15-25)35(28-19-16-24-10-4-5-11-26(24)22-28)33-32-29-12-6-7-13-30(29)36-31(32)20-21-34-33/h1-22H. The minimum Gasteiger partial charge on any atom is -0.294 e. The molecule has 2 nitrogen and oxygen atoms in total. The second-order valence-corrected chi connectivity index (χ2v) is 9.97. The quantitative estimate of drug-likeness (QED) is 0.250. The molecule has 0 aliphatic carbocycles. The van der Waals surface area contributed by atoms with Crippen molar-refractivity contribution in [2.24, 2.45) is 0 Å². The molecule has 0 N–H and O–H groups in total. The van der Waals surface area contributed by atoms with Crippen LogP contribution in [0.5, 0.6) is 0 Å². The van der Waals surface area contributed by atoms with Gasteiger partial charge in [0, 0.05) is 37.7 Å². The summed E-state index contributed by atoms with van der Waals surface area (Å²) in [4.78, 5) is 7.27. The Balaban J connectivity index is 1.47. The van der Waals surface area contributed by atoms with E-state index in [0.717, 1.165) is 17.2 Å². The maximum absolute atomic E-state index is 4.98. The van der Waals surface area contributed by atoms with E-state index in [1.165, 1.54) is 42.1 Å². The van der Waals surface area contributed by atoms with E-state index in [2.05, 4.69) is 132 Å². The summed E-state index contributed by atoms with van der Waals surface area (Å²) in [5.74, 6) is 0.952. The zero-order chi connectivity index (χ0) is 23.9. The van der Waals surface area contributed by atoms with Gasteiger partial charge in [0.25, 0.3) is 0 Å². The number of fused-ring (bicyclic) bond motifs is 4. The number of aromatic nitrogens is 1. The van der Waals surface area contributed by atoms with E-state index in [4.69, 9.17) is 4.98 Å². The van der Waals surface area contributed by atoms with E-state index >= 15 is 0 Å². The number of thiophene rings is 1. The zero-order valence-corrected chi connectivity index (χ0v) is 20.3. The Labute approximate surface area is 213 Å². The molecule has 0 saturated carbocycles. The van der Waals surface area contributed by atoms with Crippen LogP contribution in [0, 0.1) is 0 Å². The average molecular weight is 479 g/mol. The van der Waals surface area contributed by atoms with Gasteiger partial charge in [0.05, 0.1) is 0 Å². The van der Waals surface area contributed by atoms with Gasteiger partial charge < -0.3 is 0 Å². The highest BCUT2D eigenvalue weighted by atomic mass is 32.1. The molecular weight excluding hydrogens is 456 g/mol. The monoisotopic (exact) mass is 478 g/mol. The summed E-state index contributed by atoms with van der Waals surface area (Å²) in [6.07, 6.45) is 1.93. The Morgan fingerprint density at radius 3 is 2.08 bits per heavy atom. The van der Waals surface area contributed by atoms with E-state index in [-0.39, 0.29) is 0 Å². The van der Waals surface area contributed by atoms with Gasteiger partial charge in [-0.15, -0.1) is 11.3 Å². The van der Waals surface area contributed by atoms with Crippen LogP contribution in [0.2, 0.25) is 0 Å². The van der Waals surface area contributed by atoms with Gasteiger partial charge in [-0.3, -0.25) is 4.90 Å². The first-order valence-electron chi connectivity index (χ1n) is 12.1. The average Bonchev–Trinajstić information content (AvgIpc) is 3.33. The molecule has 7 rings (SSSR count). The Kier molecular flexibility index (Phi) is 5.00. The first kappa shape index (κ1) is 20.9. The largest absolute Gasteiger partial charge is 0.294 e. The zero-order valence-electron chi connectivity index (χ0n) is 19.5. The van der Waals surface area contributed by atoms with Crippen LogP contribution in [0.3, 0.4) is 0 Å². The minimum absolute atomic E-state index is 0.952. The molecule has 0 unspecified atom stereocenters. The lowest BCUT2D eigenvalue weighted by Gasteiger charge is -2.26. The van der Waals surface area contributed by atoms with E-state index in [1.54, 1.807) is 0 Å². The molecule has 2 heterocycles. The molecule has 0 saturated heterocycles.